The first-order valence-corrected chi connectivity index (χ1v) is 11.9. The summed E-state index contributed by atoms with van der Waals surface area (Å²) in [5, 5.41) is 30.5. The lowest BCUT2D eigenvalue weighted by molar-refractivity contribution is -0.141. The van der Waals surface area contributed by atoms with Crippen LogP contribution < -0.4 is 26.6 Å². The third-order valence-corrected chi connectivity index (χ3v) is 5.51. The largest absolute Gasteiger partial charge is 0.481 e. The Bertz CT molecular complexity index is 888. The molecule has 0 spiro atoms. The topological polar surface area (TPSA) is 220 Å². The first-order chi connectivity index (χ1) is 16.9. The molecular weight excluding hydrogens is 490 g/mol. The van der Waals surface area contributed by atoms with Gasteiger partial charge in [0.25, 0.3) is 5.91 Å². The minimum absolute atomic E-state index is 0.269. The molecule has 14 nitrogen and oxygen atoms in total. The summed E-state index contributed by atoms with van der Waals surface area (Å²) in [5.74, 6) is -6.43. The molecule has 0 radical (unpaired) electrons. The van der Waals surface area contributed by atoms with Crippen molar-refractivity contribution in [3.05, 3.63) is 0 Å². The Kier molecular flexibility index (Phi) is 13.4. The van der Waals surface area contributed by atoms with E-state index in [1.807, 2.05) is 6.92 Å². The number of carbonyl (C=O) groups is 7. The van der Waals surface area contributed by atoms with Gasteiger partial charge in [0.05, 0.1) is 18.6 Å². The Morgan fingerprint density at radius 1 is 0.865 bits per heavy atom. The summed E-state index contributed by atoms with van der Waals surface area (Å²) in [6.07, 6.45) is -1.21. The van der Waals surface area contributed by atoms with Crippen molar-refractivity contribution in [2.24, 2.45) is 5.92 Å². The second-order valence-corrected chi connectivity index (χ2v) is 9.36. The lowest BCUT2D eigenvalue weighted by Gasteiger charge is -2.31. The molecule has 0 aliphatic carbocycles. The number of ketones is 1. The van der Waals surface area contributed by atoms with Gasteiger partial charge in [-0.25, -0.2) is 0 Å². The Labute approximate surface area is 215 Å². The third kappa shape index (κ3) is 11.4. The van der Waals surface area contributed by atoms with Crippen molar-refractivity contribution in [1.82, 2.24) is 26.6 Å². The molecule has 0 aromatic heterocycles. The van der Waals surface area contributed by atoms with Gasteiger partial charge in [-0.05, 0) is 33.6 Å². The van der Waals surface area contributed by atoms with Gasteiger partial charge in [-0.2, -0.15) is 0 Å². The van der Waals surface area contributed by atoms with Crippen molar-refractivity contribution in [2.75, 3.05) is 6.54 Å². The molecule has 5 atom stereocenters. The average molecular weight is 530 g/mol. The van der Waals surface area contributed by atoms with Gasteiger partial charge >= 0.3 is 5.97 Å². The normalized spacial score (nSPS) is 15.1. The monoisotopic (exact) mass is 529 g/mol. The fraction of sp³-hybridized carbons (Fsp3) is 0.696. The lowest BCUT2D eigenvalue weighted by Crippen LogP contribution is -2.64. The van der Waals surface area contributed by atoms with Gasteiger partial charge in [-0.1, -0.05) is 20.3 Å². The molecule has 0 aromatic carbocycles. The molecule has 5 amide bonds. The number of carboxylic acids is 1. The molecule has 0 rings (SSSR count). The Balaban J connectivity index is 5.32. The second-order valence-electron chi connectivity index (χ2n) is 9.36. The quantitative estimate of drug-likeness (QED) is 0.116. The first kappa shape index (κ1) is 33.4. The number of rotatable bonds is 15. The summed E-state index contributed by atoms with van der Waals surface area (Å²) in [6.45, 7) is 9.65. The minimum atomic E-state index is -1.64. The number of amides is 5. The van der Waals surface area contributed by atoms with E-state index in [-0.39, 0.29) is 18.9 Å². The van der Waals surface area contributed by atoms with Gasteiger partial charge in [-0.3, -0.25) is 33.6 Å². The standard InChI is InChI=1S/C23H39N5O9/c1-8-11(2)16(26-14(5)30)19(34)27-17(13(4)29)20(35)28-23(6,7)22(37)25-12(3)18(33)21(36)24-10-9-15(31)32/h11-13,16-17,29H,8-10H2,1-7H3,(H,24,36)(H,25,37)(H,26,30)(H,27,34)(H,28,35)(H,31,32)/t11-,12?,13+,16-,17-/m0/s1. The number of aliphatic carboxylic acids is 1. The molecule has 0 saturated heterocycles. The zero-order chi connectivity index (χ0) is 29.1. The van der Waals surface area contributed by atoms with Crippen LogP contribution in [0.25, 0.3) is 0 Å². The van der Waals surface area contributed by atoms with E-state index in [4.69, 9.17) is 5.11 Å². The van der Waals surface area contributed by atoms with Crippen LogP contribution in [0.15, 0.2) is 0 Å². The van der Waals surface area contributed by atoms with E-state index in [2.05, 4.69) is 26.6 Å². The molecular formula is C23H39N5O9. The number of Topliss-reactive ketones (excluding diaryl/α,β-unsaturated/α-hetero) is 1. The summed E-state index contributed by atoms with van der Waals surface area (Å²) in [7, 11) is 0. The van der Waals surface area contributed by atoms with Gasteiger partial charge in [0.2, 0.25) is 29.4 Å². The Hall–Kier alpha value is -3.55. The van der Waals surface area contributed by atoms with Crippen LogP contribution in [0.4, 0.5) is 0 Å². The number of nitrogens with one attached hydrogen (secondary N) is 5. The highest BCUT2D eigenvalue weighted by atomic mass is 16.4. The zero-order valence-corrected chi connectivity index (χ0v) is 22.3. The molecule has 7 N–H and O–H groups in total. The highest BCUT2D eigenvalue weighted by Crippen LogP contribution is 2.10. The van der Waals surface area contributed by atoms with E-state index in [0.29, 0.717) is 6.42 Å². The van der Waals surface area contributed by atoms with Gasteiger partial charge in [0.1, 0.15) is 17.6 Å². The maximum absolute atomic E-state index is 12.9. The fourth-order valence-electron chi connectivity index (χ4n) is 3.02. The number of hydrogen-bond acceptors (Lipinski definition) is 8. The second kappa shape index (κ2) is 14.9. The van der Waals surface area contributed by atoms with E-state index in [1.54, 1.807) is 6.92 Å². The maximum Gasteiger partial charge on any atom is 0.305 e. The summed E-state index contributed by atoms with van der Waals surface area (Å²) in [4.78, 5) is 84.5. The summed E-state index contributed by atoms with van der Waals surface area (Å²) >= 11 is 0. The van der Waals surface area contributed by atoms with E-state index in [9.17, 15) is 38.7 Å². The van der Waals surface area contributed by atoms with Crippen LogP contribution in [0.5, 0.6) is 0 Å². The first-order valence-electron chi connectivity index (χ1n) is 11.9. The molecule has 37 heavy (non-hydrogen) atoms. The number of carboxylic acid groups (broad SMARTS) is 1. The van der Waals surface area contributed by atoms with Crippen LogP contribution in [0, 0.1) is 5.92 Å². The number of carbonyl (C=O) groups excluding carboxylic acids is 6. The van der Waals surface area contributed by atoms with Crippen LogP contribution in [-0.4, -0.2) is 87.8 Å². The van der Waals surface area contributed by atoms with Crippen LogP contribution in [0.3, 0.4) is 0 Å². The van der Waals surface area contributed by atoms with Gasteiger partial charge in [-0.15, -0.1) is 0 Å². The maximum atomic E-state index is 12.9. The summed E-state index contributed by atoms with van der Waals surface area (Å²) in [6, 6.07) is -3.73. The van der Waals surface area contributed by atoms with Crippen LogP contribution in [0.2, 0.25) is 0 Å². The fourth-order valence-corrected chi connectivity index (χ4v) is 3.02. The lowest BCUT2D eigenvalue weighted by atomic mass is 9.97. The van der Waals surface area contributed by atoms with Crippen LogP contribution >= 0.6 is 0 Å². The third-order valence-electron chi connectivity index (χ3n) is 5.51. The van der Waals surface area contributed by atoms with Crippen molar-refractivity contribution in [3.63, 3.8) is 0 Å². The van der Waals surface area contributed by atoms with Crippen LogP contribution in [-0.2, 0) is 33.6 Å². The average Bonchev–Trinajstić information content (AvgIpc) is 2.78. The van der Waals surface area contributed by atoms with Crippen LogP contribution in [0.1, 0.15) is 61.3 Å². The molecule has 0 bridgehead atoms. The predicted octanol–water partition coefficient (Wildman–Crippen LogP) is -2.04. The predicted molar refractivity (Wildman–Crippen MR) is 131 cm³/mol. The van der Waals surface area contributed by atoms with Crippen molar-refractivity contribution >= 4 is 41.3 Å². The number of aliphatic hydroxyl groups is 1. The molecule has 0 fully saturated rings. The highest BCUT2D eigenvalue weighted by molar-refractivity contribution is 6.38. The van der Waals surface area contributed by atoms with Crippen molar-refractivity contribution in [1.29, 1.82) is 0 Å². The molecule has 1 unspecified atom stereocenters. The van der Waals surface area contributed by atoms with E-state index in [0.717, 1.165) is 0 Å². The zero-order valence-electron chi connectivity index (χ0n) is 22.3. The molecule has 0 aromatic rings. The summed E-state index contributed by atoms with van der Waals surface area (Å²) in [5.41, 5.74) is -1.64. The molecule has 0 saturated carbocycles. The molecule has 0 aliphatic rings. The van der Waals surface area contributed by atoms with Gasteiger partial charge in [0.15, 0.2) is 0 Å². The SMILES string of the molecule is CC[C@H](C)[C@H](NC(C)=O)C(=O)N[C@H](C(=O)NC(C)(C)C(=O)NC(C)C(=O)C(=O)NCCC(=O)O)[C@@H](C)O. The Morgan fingerprint density at radius 3 is 1.89 bits per heavy atom. The van der Waals surface area contributed by atoms with Crippen molar-refractivity contribution in [3.8, 4) is 0 Å². The molecule has 210 valence electrons. The minimum Gasteiger partial charge on any atom is -0.481 e. The number of hydrogen-bond donors (Lipinski definition) is 7. The molecule has 14 heteroatoms. The summed E-state index contributed by atoms with van der Waals surface area (Å²) < 4.78 is 0. The highest BCUT2D eigenvalue weighted by Gasteiger charge is 2.37. The van der Waals surface area contributed by atoms with Gasteiger partial charge in [0, 0.05) is 13.5 Å². The van der Waals surface area contributed by atoms with E-state index < -0.39 is 71.1 Å². The van der Waals surface area contributed by atoms with E-state index in [1.165, 1.54) is 34.6 Å². The Morgan fingerprint density at radius 2 is 1.43 bits per heavy atom. The molecule has 0 heterocycles. The molecule has 0 aliphatic heterocycles. The smallest absolute Gasteiger partial charge is 0.305 e. The van der Waals surface area contributed by atoms with Gasteiger partial charge < -0.3 is 36.8 Å². The van der Waals surface area contributed by atoms with Crippen molar-refractivity contribution < 1.29 is 43.8 Å². The van der Waals surface area contributed by atoms with E-state index >= 15 is 0 Å². The van der Waals surface area contributed by atoms with Crippen molar-refractivity contribution in [2.45, 2.75) is 91.1 Å². The number of aliphatic hydroxyl groups excluding tert-OH is 1.